The van der Waals surface area contributed by atoms with Gasteiger partial charge in [-0.25, -0.2) is 59.8 Å². The van der Waals surface area contributed by atoms with E-state index in [1.807, 2.05) is 44.1 Å². The van der Waals surface area contributed by atoms with Crippen LogP contribution in [0.2, 0.25) is 0 Å². The van der Waals surface area contributed by atoms with Crippen molar-refractivity contribution in [3.8, 4) is 23.0 Å². The molecule has 4 aliphatic carbocycles. The van der Waals surface area contributed by atoms with Crippen LogP contribution < -0.4 is 38.5 Å². The molecule has 770 valence electrons. The molecule has 4 aromatic carbocycles. The van der Waals surface area contributed by atoms with Crippen molar-refractivity contribution in [2.75, 3.05) is 218 Å². The molecule has 33 heteroatoms. The molecule has 6 saturated heterocycles. The predicted octanol–water partition coefficient (Wildman–Crippen LogP) is 14.4. The summed E-state index contributed by atoms with van der Waals surface area (Å²) in [5, 5.41) is 0. The van der Waals surface area contributed by atoms with E-state index in [-0.39, 0.29) is 24.4 Å². The molecule has 4 saturated carbocycles. The number of aromatic nitrogens is 16. The fourth-order valence-electron chi connectivity index (χ4n) is 21.8. The summed E-state index contributed by atoms with van der Waals surface area (Å²) in [5.41, 5.74) is 18.7. The summed E-state index contributed by atoms with van der Waals surface area (Å²) in [6.07, 6.45) is 51.2. The summed E-state index contributed by atoms with van der Waals surface area (Å²) in [6, 6.07) is 17.0. The summed E-state index contributed by atoms with van der Waals surface area (Å²) in [5.74, 6) is 9.62. The standard InChI is InChI=1S/C30H41N7O2.C29H38N6O3.C27H36N6O2.C26H33N5O2/c1-35-10-12-36(13-11-35)9-6-24-21-33-29(34-22-24)18-23-2-4-26(5-3-23)39-28-20-25(37-14-16-38-17-15-37)19-27-30(28)32-8-7-31-27;1-3-25(38-27-19-24(35-11-15-37-16-12-35)18-26-29(27)31-7-6-30-26)4-2-22(1)17-28-32-20-23(21-33-28)5-8-34-9-13-36-14-10-34;1-32(2)10-7-21-18-30-26(31-19-21)15-20-3-5-23(6-4-20)35-25-17-22(33-11-13-34-14-12-33)16-24-27(25)29-9-8-28-24;1-17-18(2)29-19(3)30-23(17)14-20-4-6-22(7-5-20)33-25-16-21(31-10-12-32-13-11-31)15-24-26(25)28-9-8-27-24/h7-8,19-23,26H,2-6,9-18H2,1H3;6-7,18-22,25H,1-5,8-17H2;8-9,16-20,23H,3-7,10-15H2,1-2H3;8-9,15-16,20,22H,4-7,10-14H2,1-3H3. The molecule has 0 radical (unpaired) electrons. The van der Waals surface area contributed by atoms with Crippen LogP contribution in [0.5, 0.6) is 23.0 Å². The van der Waals surface area contributed by atoms with Crippen LogP contribution in [-0.4, -0.2) is 322 Å². The lowest BCUT2D eigenvalue weighted by Gasteiger charge is -2.32. The number of benzene rings is 4. The van der Waals surface area contributed by atoms with Gasteiger partial charge in [-0.3, -0.25) is 24.8 Å². The van der Waals surface area contributed by atoms with Crippen LogP contribution in [0.15, 0.2) is 135 Å². The molecular weight excluding hydrogens is 1830 g/mol. The van der Waals surface area contributed by atoms with Gasteiger partial charge >= 0.3 is 0 Å². The Balaban J connectivity index is 0.000000122. The Morgan fingerprint density at radius 3 is 0.883 bits per heavy atom. The van der Waals surface area contributed by atoms with E-state index < -0.39 is 0 Å². The average molecular weight is 1970 g/mol. The number of hydrogen-bond acceptors (Lipinski definition) is 33. The minimum Gasteiger partial charge on any atom is -0.488 e. The van der Waals surface area contributed by atoms with Crippen molar-refractivity contribution in [3.05, 3.63) is 192 Å². The fourth-order valence-corrected chi connectivity index (χ4v) is 21.8. The zero-order valence-electron chi connectivity index (χ0n) is 86.1. The second-order valence-corrected chi connectivity index (χ2v) is 41.3. The lowest BCUT2D eigenvalue weighted by atomic mass is 9.83. The van der Waals surface area contributed by atoms with Gasteiger partial charge in [0, 0.05) is 276 Å². The van der Waals surface area contributed by atoms with Crippen molar-refractivity contribution < 1.29 is 42.6 Å². The molecule has 145 heavy (non-hydrogen) atoms. The van der Waals surface area contributed by atoms with Gasteiger partial charge in [-0.05, 0) is 241 Å². The number of hydrogen-bond donors (Lipinski definition) is 0. The molecule has 0 atom stereocenters. The second-order valence-electron chi connectivity index (χ2n) is 41.3. The number of rotatable bonds is 29. The van der Waals surface area contributed by atoms with E-state index in [0.717, 1.165) is 444 Å². The van der Waals surface area contributed by atoms with Gasteiger partial charge in [0.15, 0.2) is 0 Å². The number of piperazine rings is 1. The lowest BCUT2D eigenvalue weighted by molar-refractivity contribution is 0.0384. The van der Waals surface area contributed by atoms with Crippen LogP contribution in [-0.2, 0) is 68.6 Å². The third-order valence-electron chi connectivity index (χ3n) is 30.7. The molecule has 0 spiro atoms. The fraction of sp³-hybridized carbons (Fsp3) is 0.571. The maximum absolute atomic E-state index is 6.60. The molecular formula is C112H148N24O9. The average Bonchev–Trinajstić information content (AvgIpc) is 0.801. The van der Waals surface area contributed by atoms with E-state index in [0.29, 0.717) is 23.7 Å². The normalized spacial score (nSPS) is 22.2. The summed E-state index contributed by atoms with van der Waals surface area (Å²) in [4.78, 5) is 92.9. The molecule has 33 nitrogen and oxygen atoms in total. The third kappa shape index (κ3) is 28.9. The first-order chi connectivity index (χ1) is 71.2. The van der Waals surface area contributed by atoms with Gasteiger partial charge in [-0.2, -0.15) is 0 Å². The largest absolute Gasteiger partial charge is 0.488 e. The summed E-state index contributed by atoms with van der Waals surface area (Å²) in [6.45, 7) is 30.8. The van der Waals surface area contributed by atoms with Gasteiger partial charge in [0.25, 0.3) is 0 Å². The van der Waals surface area contributed by atoms with Crippen molar-refractivity contribution >= 4 is 66.9 Å². The molecule has 0 bridgehead atoms. The highest BCUT2D eigenvalue weighted by Crippen LogP contribution is 2.42. The van der Waals surface area contributed by atoms with Crippen molar-refractivity contribution in [1.82, 2.24) is 99.3 Å². The third-order valence-corrected chi connectivity index (χ3v) is 30.7. The Morgan fingerprint density at radius 1 is 0.303 bits per heavy atom. The number of anilines is 4. The first kappa shape index (κ1) is 102. The van der Waals surface area contributed by atoms with E-state index in [1.165, 1.54) is 27.9 Å². The Hall–Kier alpha value is -11.4. The van der Waals surface area contributed by atoms with Crippen LogP contribution in [0.4, 0.5) is 22.7 Å². The molecule has 0 unspecified atom stereocenters. The van der Waals surface area contributed by atoms with Crippen molar-refractivity contribution in [1.29, 1.82) is 0 Å². The molecule has 0 N–H and O–H groups in total. The maximum Gasteiger partial charge on any atom is 0.149 e. The number of nitrogens with zero attached hydrogens (tertiary/aromatic N) is 24. The molecule has 10 aliphatic rings. The predicted molar refractivity (Wildman–Crippen MR) is 564 cm³/mol. The topological polar surface area (TPSA) is 315 Å². The minimum absolute atomic E-state index is 0.194. The van der Waals surface area contributed by atoms with E-state index in [9.17, 15) is 0 Å². The van der Waals surface area contributed by atoms with E-state index >= 15 is 0 Å². The number of likely N-dealkylation sites (N-methyl/N-ethyl adjacent to an activating group) is 2. The van der Waals surface area contributed by atoms with Crippen molar-refractivity contribution in [2.24, 2.45) is 23.7 Å². The summed E-state index contributed by atoms with van der Waals surface area (Å²) >= 11 is 0. The monoisotopic (exact) mass is 1970 g/mol. The molecule has 10 fully saturated rings. The SMILES string of the molecule is CN(C)CCc1cnc(CC2CCC(Oc3cc(N4CCOCC4)cc4nccnc34)CC2)nc1.CN1CCN(CCc2cnc(CC3CCC(Oc4cc(N5CCOCC5)cc5nccnc45)CC3)nc2)CC1.Cc1nc(C)c(C)c(CC2CCC(Oc3cc(N4CCOCC4)cc4nccnc34)CC2)n1.c1cnc2c(OC3CCC(Cc4ncc(CCN5CCOCC5)cn4)CC3)cc(N3CCOCC3)cc2n1. The Bertz CT molecular complexity index is 6050. The van der Waals surface area contributed by atoms with Crippen molar-refractivity contribution in [2.45, 2.75) is 193 Å². The van der Waals surface area contributed by atoms with Crippen LogP contribution in [0.3, 0.4) is 0 Å². The van der Waals surface area contributed by atoms with E-state index in [4.69, 9.17) is 67.6 Å². The van der Waals surface area contributed by atoms with E-state index in [2.05, 4.69) is 178 Å². The highest BCUT2D eigenvalue weighted by Gasteiger charge is 2.33. The zero-order valence-corrected chi connectivity index (χ0v) is 86.1. The van der Waals surface area contributed by atoms with Crippen LogP contribution in [0.25, 0.3) is 44.1 Å². The molecule has 8 aromatic heterocycles. The van der Waals surface area contributed by atoms with Gasteiger partial charge in [0.05, 0.1) is 113 Å². The highest BCUT2D eigenvalue weighted by atomic mass is 16.5. The molecule has 12 aromatic rings. The highest BCUT2D eigenvalue weighted by molar-refractivity contribution is 5.88. The van der Waals surface area contributed by atoms with Gasteiger partial charge < -0.3 is 76.9 Å². The number of morpholine rings is 5. The quantitative estimate of drug-likeness (QED) is 0.0420. The van der Waals surface area contributed by atoms with Gasteiger partial charge in [0.2, 0.25) is 0 Å². The Morgan fingerprint density at radius 2 is 0.579 bits per heavy atom. The van der Waals surface area contributed by atoms with E-state index in [1.54, 1.807) is 49.6 Å². The maximum atomic E-state index is 6.60. The Kier molecular flexibility index (Phi) is 36.2. The number of aryl methyl sites for hydroxylation is 2. The Labute approximate surface area is 853 Å². The number of ether oxygens (including phenoxy) is 9. The van der Waals surface area contributed by atoms with Crippen LogP contribution in [0.1, 0.15) is 160 Å². The van der Waals surface area contributed by atoms with Crippen molar-refractivity contribution in [3.63, 3.8) is 0 Å². The summed E-state index contributed by atoms with van der Waals surface area (Å²) in [7, 11) is 6.38. The molecule has 14 heterocycles. The first-order valence-electron chi connectivity index (χ1n) is 53.7. The minimum atomic E-state index is 0.194. The zero-order chi connectivity index (χ0) is 98.8. The second kappa shape index (κ2) is 51.3. The molecule has 22 rings (SSSR count). The smallest absolute Gasteiger partial charge is 0.149 e. The molecule has 6 aliphatic heterocycles. The number of fused-ring (bicyclic) bond motifs is 4. The lowest BCUT2D eigenvalue weighted by Crippen LogP contribution is -2.45. The van der Waals surface area contributed by atoms with Gasteiger partial charge in [-0.15, -0.1) is 0 Å². The molecule has 0 amide bonds. The van der Waals surface area contributed by atoms with Crippen LogP contribution in [0, 0.1) is 44.4 Å². The van der Waals surface area contributed by atoms with Crippen LogP contribution >= 0.6 is 0 Å². The van der Waals surface area contributed by atoms with Gasteiger partial charge in [0.1, 0.15) is 68.4 Å². The summed E-state index contributed by atoms with van der Waals surface area (Å²) < 4.78 is 53.9. The van der Waals surface area contributed by atoms with Gasteiger partial charge in [-0.1, -0.05) is 0 Å². The first-order valence-corrected chi connectivity index (χ1v) is 53.7.